The van der Waals surface area contributed by atoms with Gasteiger partial charge in [-0.3, -0.25) is 14.4 Å². The van der Waals surface area contributed by atoms with Gasteiger partial charge < -0.3 is 10.6 Å². The van der Waals surface area contributed by atoms with Gasteiger partial charge in [0.1, 0.15) is 11.7 Å². The number of benzene rings is 2. The molecule has 0 radical (unpaired) electrons. The van der Waals surface area contributed by atoms with Crippen LogP contribution in [0, 0.1) is 5.92 Å². The molecule has 23 heavy (non-hydrogen) atoms. The van der Waals surface area contributed by atoms with Crippen LogP contribution in [0.5, 0.6) is 0 Å². The first-order valence-corrected chi connectivity index (χ1v) is 7.27. The second-order valence-corrected chi connectivity index (χ2v) is 5.17. The largest absolute Gasteiger partial charge is 0.325 e. The fraction of sp³-hybridized carbons (Fsp3) is 0.167. The summed E-state index contributed by atoms with van der Waals surface area (Å²) in [7, 11) is 0. The number of hydrogen-bond acceptors (Lipinski definition) is 3. The molecule has 0 atom stereocenters. The molecule has 0 saturated heterocycles. The summed E-state index contributed by atoms with van der Waals surface area (Å²) in [5, 5.41) is 5.32. The molecule has 118 valence electrons. The van der Waals surface area contributed by atoms with Gasteiger partial charge in [0.05, 0.1) is 0 Å². The highest BCUT2D eigenvalue weighted by Crippen LogP contribution is 2.14. The lowest BCUT2D eigenvalue weighted by Gasteiger charge is -2.15. The standard InChI is InChI=1S/C18H18N2O3/c1-13(21)12-16(17(22)19-14-8-4-2-5-9-14)18(23)20-15-10-6-3-7-11-15/h2-11,16H,12H2,1H3,(H,19,22)(H,20,23). The molecule has 2 rings (SSSR count). The molecule has 5 heteroatoms. The van der Waals surface area contributed by atoms with Crippen LogP contribution in [0.4, 0.5) is 11.4 Å². The molecule has 0 aliphatic heterocycles. The van der Waals surface area contributed by atoms with Gasteiger partial charge in [-0.15, -0.1) is 0 Å². The summed E-state index contributed by atoms with van der Waals surface area (Å²) in [5.74, 6) is -2.30. The lowest BCUT2D eigenvalue weighted by atomic mass is 10.0. The molecule has 2 aromatic rings. The third kappa shape index (κ3) is 5.07. The summed E-state index contributed by atoms with van der Waals surface area (Å²) in [6, 6.07) is 17.6. The highest BCUT2D eigenvalue weighted by atomic mass is 16.2. The van der Waals surface area contributed by atoms with E-state index in [1.54, 1.807) is 48.5 Å². The molecule has 0 bridgehead atoms. The molecule has 0 aromatic heterocycles. The zero-order valence-electron chi connectivity index (χ0n) is 12.8. The molecule has 0 fully saturated rings. The van der Waals surface area contributed by atoms with Crippen molar-refractivity contribution in [1.82, 2.24) is 0 Å². The lowest BCUT2D eigenvalue weighted by Crippen LogP contribution is -2.35. The molecular weight excluding hydrogens is 292 g/mol. The first kappa shape index (κ1) is 16.4. The molecule has 0 aliphatic carbocycles. The Morgan fingerprint density at radius 3 is 1.52 bits per heavy atom. The Kier molecular flexibility index (Phi) is 5.63. The fourth-order valence-electron chi connectivity index (χ4n) is 2.09. The maximum absolute atomic E-state index is 12.4. The summed E-state index contributed by atoms with van der Waals surface area (Å²) in [5.41, 5.74) is 1.16. The highest BCUT2D eigenvalue weighted by molar-refractivity contribution is 6.12. The average Bonchev–Trinajstić information content (AvgIpc) is 2.54. The zero-order chi connectivity index (χ0) is 16.7. The van der Waals surface area contributed by atoms with Crippen molar-refractivity contribution in [3.8, 4) is 0 Å². The van der Waals surface area contributed by atoms with Crippen LogP contribution in [-0.2, 0) is 14.4 Å². The topological polar surface area (TPSA) is 75.3 Å². The van der Waals surface area contributed by atoms with Crippen LogP contribution in [0.1, 0.15) is 13.3 Å². The number of carbonyl (C=O) groups excluding carboxylic acids is 3. The summed E-state index contributed by atoms with van der Waals surface area (Å²) >= 11 is 0. The van der Waals surface area contributed by atoms with Crippen molar-refractivity contribution in [2.75, 3.05) is 10.6 Å². The maximum atomic E-state index is 12.4. The monoisotopic (exact) mass is 310 g/mol. The van der Waals surface area contributed by atoms with E-state index in [1.807, 2.05) is 12.1 Å². The highest BCUT2D eigenvalue weighted by Gasteiger charge is 2.28. The normalized spacial score (nSPS) is 10.2. The Balaban J connectivity index is 2.10. The number of hydrogen-bond donors (Lipinski definition) is 2. The smallest absolute Gasteiger partial charge is 0.237 e. The van der Waals surface area contributed by atoms with Crippen LogP contribution < -0.4 is 10.6 Å². The van der Waals surface area contributed by atoms with Crippen molar-refractivity contribution in [2.45, 2.75) is 13.3 Å². The third-order valence-electron chi connectivity index (χ3n) is 3.21. The second kappa shape index (κ2) is 7.89. The minimum atomic E-state index is -1.08. The number of para-hydroxylation sites is 2. The van der Waals surface area contributed by atoms with Gasteiger partial charge in [-0.1, -0.05) is 36.4 Å². The van der Waals surface area contributed by atoms with Gasteiger partial charge in [0.25, 0.3) is 0 Å². The van der Waals surface area contributed by atoms with Crippen LogP contribution in [0.2, 0.25) is 0 Å². The minimum Gasteiger partial charge on any atom is -0.325 e. The number of ketones is 1. The van der Waals surface area contributed by atoms with Crippen LogP contribution in [-0.4, -0.2) is 17.6 Å². The average molecular weight is 310 g/mol. The Morgan fingerprint density at radius 1 is 0.783 bits per heavy atom. The van der Waals surface area contributed by atoms with E-state index < -0.39 is 17.7 Å². The molecule has 0 unspecified atom stereocenters. The summed E-state index contributed by atoms with van der Waals surface area (Å²) in [6.45, 7) is 1.36. The van der Waals surface area contributed by atoms with E-state index in [9.17, 15) is 14.4 Å². The Bertz CT molecular complexity index is 630. The molecule has 0 spiro atoms. The fourth-order valence-corrected chi connectivity index (χ4v) is 2.09. The van der Waals surface area contributed by atoms with Crippen LogP contribution >= 0.6 is 0 Å². The van der Waals surface area contributed by atoms with E-state index >= 15 is 0 Å². The predicted molar refractivity (Wildman–Crippen MR) is 88.9 cm³/mol. The molecule has 0 heterocycles. The van der Waals surface area contributed by atoms with Crippen molar-refractivity contribution in [1.29, 1.82) is 0 Å². The number of anilines is 2. The van der Waals surface area contributed by atoms with E-state index in [1.165, 1.54) is 6.92 Å². The van der Waals surface area contributed by atoms with E-state index in [-0.39, 0.29) is 12.2 Å². The van der Waals surface area contributed by atoms with Crippen molar-refractivity contribution in [2.24, 2.45) is 5.92 Å². The quantitative estimate of drug-likeness (QED) is 0.806. The van der Waals surface area contributed by atoms with Gasteiger partial charge in [0.15, 0.2) is 0 Å². The molecule has 0 saturated carbocycles. The van der Waals surface area contributed by atoms with Crippen LogP contribution in [0.25, 0.3) is 0 Å². The zero-order valence-corrected chi connectivity index (χ0v) is 12.8. The van der Waals surface area contributed by atoms with Crippen molar-refractivity contribution < 1.29 is 14.4 Å². The Morgan fingerprint density at radius 2 is 1.17 bits per heavy atom. The van der Waals surface area contributed by atoms with Crippen molar-refractivity contribution >= 4 is 29.0 Å². The Labute approximate surface area is 134 Å². The summed E-state index contributed by atoms with van der Waals surface area (Å²) in [6.07, 6.45) is -0.142. The lowest BCUT2D eigenvalue weighted by molar-refractivity contribution is -0.133. The van der Waals surface area contributed by atoms with E-state index in [0.717, 1.165) is 0 Å². The van der Waals surface area contributed by atoms with E-state index in [2.05, 4.69) is 10.6 Å². The Hall–Kier alpha value is -2.95. The molecule has 5 nitrogen and oxygen atoms in total. The first-order valence-electron chi connectivity index (χ1n) is 7.27. The maximum Gasteiger partial charge on any atom is 0.237 e. The summed E-state index contributed by atoms with van der Waals surface area (Å²) in [4.78, 5) is 36.1. The SMILES string of the molecule is CC(=O)CC(C(=O)Nc1ccccc1)C(=O)Nc1ccccc1. The van der Waals surface area contributed by atoms with Crippen molar-refractivity contribution in [3.63, 3.8) is 0 Å². The molecule has 2 aromatic carbocycles. The molecule has 2 amide bonds. The second-order valence-electron chi connectivity index (χ2n) is 5.17. The number of amides is 2. The summed E-state index contributed by atoms with van der Waals surface area (Å²) < 4.78 is 0. The van der Waals surface area contributed by atoms with Gasteiger partial charge >= 0.3 is 0 Å². The van der Waals surface area contributed by atoms with Crippen LogP contribution in [0.3, 0.4) is 0 Å². The number of rotatable bonds is 6. The van der Waals surface area contributed by atoms with Gasteiger partial charge in [-0.2, -0.15) is 0 Å². The van der Waals surface area contributed by atoms with Gasteiger partial charge in [-0.05, 0) is 31.2 Å². The number of Topliss-reactive ketones (excluding diaryl/α,β-unsaturated/α-hetero) is 1. The number of nitrogens with one attached hydrogen (secondary N) is 2. The number of carbonyl (C=O) groups is 3. The van der Waals surface area contributed by atoms with Gasteiger partial charge in [-0.25, -0.2) is 0 Å². The molecule has 2 N–H and O–H groups in total. The van der Waals surface area contributed by atoms with E-state index in [0.29, 0.717) is 11.4 Å². The first-order chi connectivity index (χ1) is 11.1. The van der Waals surface area contributed by atoms with E-state index in [4.69, 9.17) is 0 Å². The third-order valence-corrected chi connectivity index (χ3v) is 3.21. The van der Waals surface area contributed by atoms with Crippen LogP contribution in [0.15, 0.2) is 60.7 Å². The van der Waals surface area contributed by atoms with Crippen molar-refractivity contribution in [3.05, 3.63) is 60.7 Å². The molecule has 0 aliphatic rings. The van der Waals surface area contributed by atoms with Gasteiger partial charge in [0.2, 0.25) is 11.8 Å². The molecular formula is C18H18N2O3. The predicted octanol–water partition coefficient (Wildman–Crippen LogP) is 2.86. The van der Waals surface area contributed by atoms with Gasteiger partial charge in [0, 0.05) is 17.8 Å². The minimum absolute atomic E-state index is 0.142.